The molecule has 2 aromatic carbocycles. The van der Waals surface area contributed by atoms with Crippen molar-refractivity contribution in [2.24, 2.45) is 5.41 Å². The minimum Gasteiger partial charge on any atom is -0.352 e. The Labute approximate surface area is 159 Å². The van der Waals surface area contributed by atoms with E-state index in [1.54, 1.807) is 48.5 Å². The zero-order valence-corrected chi connectivity index (χ0v) is 15.8. The summed E-state index contributed by atoms with van der Waals surface area (Å²) in [4.78, 5) is 35.9. The van der Waals surface area contributed by atoms with Gasteiger partial charge in [0.05, 0.1) is 0 Å². The average Bonchev–Trinajstić information content (AvgIpc) is 2.63. The fraction of sp³-hybridized carbons (Fsp3) is 0.286. The van der Waals surface area contributed by atoms with Crippen molar-refractivity contribution in [3.63, 3.8) is 0 Å². The molecule has 0 heterocycles. The summed E-state index contributed by atoms with van der Waals surface area (Å²) in [7, 11) is 0. The Balaban J connectivity index is 1.77. The predicted octanol–water partition coefficient (Wildman–Crippen LogP) is 3.43. The van der Waals surface area contributed by atoms with E-state index in [2.05, 4.69) is 16.0 Å². The fourth-order valence-electron chi connectivity index (χ4n) is 2.16. The van der Waals surface area contributed by atoms with E-state index >= 15 is 0 Å². The first-order valence-corrected chi connectivity index (χ1v) is 8.80. The second-order valence-electron chi connectivity index (χ2n) is 7.20. The summed E-state index contributed by atoms with van der Waals surface area (Å²) in [5, 5.41) is 8.30. The minimum absolute atomic E-state index is 0.0755. The maximum absolute atomic E-state index is 12.0. The van der Waals surface area contributed by atoms with Gasteiger partial charge in [0.25, 0.3) is 5.91 Å². The molecule has 0 radical (unpaired) electrons. The van der Waals surface area contributed by atoms with Gasteiger partial charge in [-0.1, -0.05) is 39.0 Å². The van der Waals surface area contributed by atoms with Crippen molar-refractivity contribution in [1.29, 1.82) is 0 Å². The second-order valence-corrected chi connectivity index (χ2v) is 7.20. The molecule has 0 unspecified atom stereocenters. The molecule has 2 rings (SSSR count). The number of carbonyl (C=O) groups is 3. The Bertz CT molecular complexity index is 794. The number of carbonyl (C=O) groups excluding carboxylic acids is 3. The van der Waals surface area contributed by atoms with Crippen LogP contribution in [0, 0.1) is 5.41 Å². The first-order valence-electron chi connectivity index (χ1n) is 8.80. The zero-order chi connectivity index (χ0) is 19.9. The van der Waals surface area contributed by atoms with Gasteiger partial charge in [0.15, 0.2) is 0 Å². The molecule has 0 fully saturated rings. The number of nitrogens with one attached hydrogen (secondary N) is 3. The highest BCUT2D eigenvalue weighted by Crippen LogP contribution is 2.19. The molecule has 142 valence electrons. The summed E-state index contributed by atoms with van der Waals surface area (Å²) in [5.41, 5.74) is 1.38. The van der Waals surface area contributed by atoms with E-state index in [1.165, 1.54) is 0 Å². The third-order valence-electron chi connectivity index (χ3n) is 3.78. The standard InChI is InChI=1S/C21H25N3O3/c1-21(2,3)20(27)24-17-11-9-16(10-12-17)23-18(25)13-14-22-19(26)15-7-5-4-6-8-15/h4-12H,13-14H2,1-3H3,(H,22,26)(H,23,25)(H,24,27). The summed E-state index contributed by atoms with van der Waals surface area (Å²) >= 11 is 0. The van der Waals surface area contributed by atoms with Crippen molar-refractivity contribution >= 4 is 29.1 Å². The highest BCUT2D eigenvalue weighted by atomic mass is 16.2. The Kier molecular flexibility index (Phi) is 6.71. The van der Waals surface area contributed by atoms with Gasteiger partial charge in [-0.15, -0.1) is 0 Å². The molecule has 3 N–H and O–H groups in total. The highest BCUT2D eigenvalue weighted by Gasteiger charge is 2.21. The summed E-state index contributed by atoms with van der Waals surface area (Å²) in [6.07, 6.45) is 0.168. The molecular formula is C21H25N3O3. The van der Waals surface area contributed by atoms with Gasteiger partial charge < -0.3 is 16.0 Å². The van der Waals surface area contributed by atoms with E-state index in [-0.39, 0.29) is 30.7 Å². The molecule has 0 atom stereocenters. The lowest BCUT2D eigenvalue weighted by atomic mass is 9.95. The first-order chi connectivity index (χ1) is 12.8. The molecule has 6 nitrogen and oxygen atoms in total. The molecule has 0 saturated carbocycles. The molecule has 0 aliphatic rings. The molecule has 6 heteroatoms. The summed E-state index contributed by atoms with van der Waals surface area (Å²) in [6, 6.07) is 15.8. The van der Waals surface area contributed by atoms with Gasteiger partial charge in [0.2, 0.25) is 11.8 Å². The summed E-state index contributed by atoms with van der Waals surface area (Å²) in [5.74, 6) is -0.481. The number of anilines is 2. The number of rotatable bonds is 6. The van der Waals surface area contributed by atoms with E-state index in [0.717, 1.165) is 0 Å². The lowest BCUT2D eigenvalue weighted by Crippen LogP contribution is -2.28. The molecule has 0 bridgehead atoms. The summed E-state index contributed by atoms with van der Waals surface area (Å²) in [6.45, 7) is 5.77. The van der Waals surface area contributed by atoms with Crippen molar-refractivity contribution < 1.29 is 14.4 Å². The van der Waals surface area contributed by atoms with Gasteiger partial charge in [-0.05, 0) is 36.4 Å². The Hall–Kier alpha value is -3.15. The normalized spacial score (nSPS) is 10.8. The molecular weight excluding hydrogens is 342 g/mol. The molecule has 0 spiro atoms. The fourth-order valence-corrected chi connectivity index (χ4v) is 2.16. The van der Waals surface area contributed by atoms with Crippen LogP contribution in [0.5, 0.6) is 0 Å². The highest BCUT2D eigenvalue weighted by molar-refractivity contribution is 5.96. The van der Waals surface area contributed by atoms with Gasteiger partial charge in [-0.3, -0.25) is 14.4 Å². The van der Waals surface area contributed by atoms with Crippen LogP contribution in [0.2, 0.25) is 0 Å². The Morgan fingerprint density at radius 3 is 1.93 bits per heavy atom. The molecule has 0 aliphatic carbocycles. The van der Waals surface area contributed by atoms with Gasteiger partial charge in [-0.25, -0.2) is 0 Å². The van der Waals surface area contributed by atoms with E-state index in [9.17, 15) is 14.4 Å². The van der Waals surface area contributed by atoms with Crippen molar-refractivity contribution in [3.8, 4) is 0 Å². The third kappa shape index (κ3) is 6.58. The minimum atomic E-state index is -0.475. The molecule has 27 heavy (non-hydrogen) atoms. The van der Waals surface area contributed by atoms with Gasteiger partial charge in [0, 0.05) is 35.3 Å². The van der Waals surface area contributed by atoms with Gasteiger partial charge in [0.1, 0.15) is 0 Å². The van der Waals surface area contributed by atoms with Crippen LogP contribution in [-0.2, 0) is 9.59 Å². The topological polar surface area (TPSA) is 87.3 Å². The van der Waals surface area contributed by atoms with Crippen LogP contribution in [0.25, 0.3) is 0 Å². The van der Waals surface area contributed by atoms with E-state index in [4.69, 9.17) is 0 Å². The van der Waals surface area contributed by atoms with Crippen LogP contribution in [0.15, 0.2) is 54.6 Å². The summed E-state index contributed by atoms with van der Waals surface area (Å²) < 4.78 is 0. The van der Waals surface area contributed by atoms with Crippen LogP contribution >= 0.6 is 0 Å². The predicted molar refractivity (Wildman–Crippen MR) is 107 cm³/mol. The van der Waals surface area contributed by atoms with E-state index in [1.807, 2.05) is 26.8 Å². The molecule has 2 aromatic rings. The van der Waals surface area contributed by atoms with Crippen LogP contribution in [0.3, 0.4) is 0 Å². The average molecular weight is 367 g/mol. The monoisotopic (exact) mass is 367 g/mol. The van der Waals surface area contributed by atoms with Crippen LogP contribution in [0.4, 0.5) is 11.4 Å². The van der Waals surface area contributed by atoms with E-state index < -0.39 is 5.41 Å². The quantitative estimate of drug-likeness (QED) is 0.731. The zero-order valence-electron chi connectivity index (χ0n) is 15.8. The molecule has 0 aromatic heterocycles. The van der Waals surface area contributed by atoms with Crippen LogP contribution in [-0.4, -0.2) is 24.3 Å². The SMILES string of the molecule is CC(C)(C)C(=O)Nc1ccc(NC(=O)CCNC(=O)c2ccccc2)cc1. The third-order valence-corrected chi connectivity index (χ3v) is 3.78. The Morgan fingerprint density at radius 2 is 1.37 bits per heavy atom. The van der Waals surface area contributed by atoms with Gasteiger partial charge >= 0.3 is 0 Å². The van der Waals surface area contributed by atoms with Crippen molar-refractivity contribution in [2.75, 3.05) is 17.2 Å². The molecule has 0 saturated heterocycles. The lowest BCUT2D eigenvalue weighted by molar-refractivity contribution is -0.123. The van der Waals surface area contributed by atoms with Crippen molar-refractivity contribution in [2.45, 2.75) is 27.2 Å². The second kappa shape index (κ2) is 8.98. The number of benzene rings is 2. The van der Waals surface area contributed by atoms with Crippen LogP contribution in [0.1, 0.15) is 37.6 Å². The van der Waals surface area contributed by atoms with Gasteiger partial charge in [-0.2, -0.15) is 0 Å². The largest absolute Gasteiger partial charge is 0.352 e. The number of amides is 3. The van der Waals surface area contributed by atoms with Crippen molar-refractivity contribution in [1.82, 2.24) is 5.32 Å². The maximum atomic E-state index is 12.0. The first kappa shape index (κ1) is 20.2. The lowest BCUT2D eigenvalue weighted by Gasteiger charge is -2.17. The van der Waals surface area contributed by atoms with Crippen molar-refractivity contribution in [3.05, 3.63) is 60.2 Å². The smallest absolute Gasteiger partial charge is 0.251 e. The van der Waals surface area contributed by atoms with E-state index in [0.29, 0.717) is 16.9 Å². The number of hydrogen-bond acceptors (Lipinski definition) is 3. The maximum Gasteiger partial charge on any atom is 0.251 e. The Morgan fingerprint density at radius 1 is 0.815 bits per heavy atom. The van der Waals surface area contributed by atoms with Crippen LogP contribution < -0.4 is 16.0 Å². The molecule has 3 amide bonds. The molecule has 0 aliphatic heterocycles. The number of hydrogen-bond donors (Lipinski definition) is 3.